The molecule has 1 amide bonds. The Morgan fingerprint density at radius 3 is 2.55 bits per heavy atom. The molecule has 116 valence electrons. The molecule has 22 heavy (non-hydrogen) atoms. The van der Waals surface area contributed by atoms with E-state index < -0.39 is 0 Å². The van der Waals surface area contributed by atoms with Crippen molar-refractivity contribution in [3.63, 3.8) is 0 Å². The first-order valence-corrected chi connectivity index (χ1v) is 7.32. The van der Waals surface area contributed by atoms with Gasteiger partial charge >= 0.3 is 0 Å². The summed E-state index contributed by atoms with van der Waals surface area (Å²) in [6.45, 7) is 0.841. The Labute approximate surface area is 131 Å². The van der Waals surface area contributed by atoms with Gasteiger partial charge in [-0.05, 0) is 30.2 Å². The van der Waals surface area contributed by atoms with E-state index in [-0.39, 0.29) is 12.5 Å². The second-order valence-corrected chi connectivity index (χ2v) is 4.98. The summed E-state index contributed by atoms with van der Waals surface area (Å²) in [6.07, 6.45) is 0.760. The van der Waals surface area contributed by atoms with Crippen LogP contribution in [0.5, 0.6) is 5.75 Å². The molecule has 0 aromatic heterocycles. The quantitative estimate of drug-likeness (QED) is 0.854. The van der Waals surface area contributed by atoms with E-state index in [1.807, 2.05) is 30.3 Å². The summed E-state index contributed by atoms with van der Waals surface area (Å²) < 4.78 is 5.15. The molecule has 0 bridgehead atoms. The predicted molar refractivity (Wildman–Crippen MR) is 86.1 cm³/mol. The fourth-order valence-corrected chi connectivity index (χ4v) is 2.28. The Hall–Kier alpha value is -2.33. The zero-order chi connectivity index (χ0) is 15.8. The summed E-state index contributed by atoms with van der Waals surface area (Å²) in [6, 6.07) is 17.1. The van der Waals surface area contributed by atoms with Crippen molar-refractivity contribution in [3.8, 4) is 5.75 Å². The highest BCUT2D eigenvalue weighted by molar-refractivity contribution is 5.94. The highest BCUT2D eigenvalue weighted by Gasteiger charge is 2.15. The molecule has 2 aromatic rings. The summed E-state index contributed by atoms with van der Waals surface area (Å²) in [5, 5.41) is 9.21. The number of carbonyl (C=O) groups excluding carboxylic acids is 1. The van der Waals surface area contributed by atoms with Gasteiger partial charge in [-0.25, -0.2) is 0 Å². The second-order valence-electron chi connectivity index (χ2n) is 4.98. The minimum atomic E-state index is -0.0936. The average Bonchev–Trinajstić information content (AvgIpc) is 2.59. The van der Waals surface area contributed by atoms with E-state index in [1.165, 1.54) is 5.56 Å². The number of hydrogen-bond donors (Lipinski definition) is 1. The van der Waals surface area contributed by atoms with Gasteiger partial charge in [0, 0.05) is 18.7 Å². The van der Waals surface area contributed by atoms with Crippen molar-refractivity contribution in [1.29, 1.82) is 0 Å². The van der Waals surface area contributed by atoms with Crippen LogP contribution < -0.4 is 4.74 Å². The minimum absolute atomic E-state index is 0.0511. The molecule has 0 aliphatic rings. The number of aliphatic hydroxyl groups is 1. The van der Waals surface area contributed by atoms with E-state index in [0.29, 0.717) is 24.4 Å². The van der Waals surface area contributed by atoms with Gasteiger partial charge in [-0.15, -0.1) is 0 Å². The zero-order valence-corrected chi connectivity index (χ0v) is 12.7. The third kappa shape index (κ3) is 4.33. The van der Waals surface area contributed by atoms with Crippen LogP contribution >= 0.6 is 0 Å². The maximum Gasteiger partial charge on any atom is 0.254 e. The Morgan fingerprint density at radius 2 is 1.86 bits per heavy atom. The number of ether oxygens (including phenoxy) is 1. The van der Waals surface area contributed by atoms with E-state index in [9.17, 15) is 9.90 Å². The molecule has 2 aromatic carbocycles. The largest absolute Gasteiger partial charge is 0.497 e. The van der Waals surface area contributed by atoms with Crippen LogP contribution in [0.1, 0.15) is 15.9 Å². The maximum absolute atomic E-state index is 12.6. The van der Waals surface area contributed by atoms with Gasteiger partial charge in [-0.1, -0.05) is 36.4 Å². The van der Waals surface area contributed by atoms with Gasteiger partial charge in [0.05, 0.1) is 13.7 Å². The van der Waals surface area contributed by atoms with E-state index in [1.54, 1.807) is 36.3 Å². The predicted octanol–water partition coefficient (Wildman–Crippen LogP) is 2.37. The van der Waals surface area contributed by atoms with Crippen LogP contribution in [0.2, 0.25) is 0 Å². The van der Waals surface area contributed by atoms with Crippen LogP contribution in [0, 0.1) is 0 Å². The van der Waals surface area contributed by atoms with Crippen molar-refractivity contribution in [3.05, 3.63) is 65.7 Å². The molecule has 0 aliphatic heterocycles. The first-order valence-electron chi connectivity index (χ1n) is 7.32. The molecule has 0 fully saturated rings. The third-order valence-electron chi connectivity index (χ3n) is 3.49. The summed E-state index contributed by atoms with van der Waals surface area (Å²) in [7, 11) is 1.57. The molecule has 0 saturated heterocycles. The van der Waals surface area contributed by atoms with Crippen molar-refractivity contribution in [1.82, 2.24) is 4.90 Å². The molecule has 0 spiro atoms. The van der Waals surface area contributed by atoms with E-state index >= 15 is 0 Å². The normalized spacial score (nSPS) is 10.3. The first-order chi connectivity index (χ1) is 10.7. The molecule has 0 unspecified atom stereocenters. The number of nitrogens with zero attached hydrogens (tertiary/aromatic N) is 1. The third-order valence-corrected chi connectivity index (χ3v) is 3.49. The van der Waals surface area contributed by atoms with Gasteiger partial charge in [0.15, 0.2) is 0 Å². The standard InChI is InChI=1S/C18H21NO3/c1-22-17-9-5-8-16(14-17)18(21)19(12-13-20)11-10-15-6-3-2-4-7-15/h2-9,14,20H,10-13H2,1H3. The molecule has 0 saturated carbocycles. The molecule has 4 nitrogen and oxygen atoms in total. The molecule has 1 N–H and O–H groups in total. The van der Waals surface area contributed by atoms with Crippen molar-refractivity contribution < 1.29 is 14.6 Å². The van der Waals surface area contributed by atoms with Crippen LogP contribution in [0.3, 0.4) is 0 Å². The molecule has 2 rings (SSSR count). The molecule has 4 heteroatoms. The molecular weight excluding hydrogens is 278 g/mol. The molecule has 0 heterocycles. The summed E-state index contributed by atoms with van der Waals surface area (Å²) in [5.41, 5.74) is 1.74. The lowest BCUT2D eigenvalue weighted by atomic mass is 10.1. The lowest BCUT2D eigenvalue weighted by Gasteiger charge is -2.22. The number of methoxy groups -OCH3 is 1. The van der Waals surface area contributed by atoms with Crippen molar-refractivity contribution in [2.24, 2.45) is 0 Å². The van der Waals surface area contributed by atoms with Gasteiger partial charge in [0.25, 0.3) is 5.91 Å². The Bertz CT molecular complexity index is 598. The lowest BCUT2D eigenvalue weighted by Crippen LogP contribution is -2.35. The molecule has 0 radical (unpaired) electrons. The number of carbonyl (C=O) groups is 1. The Balaban J connectivity index is 2.07. The van der Waals surface area contributed by atoms with Crippen LogP contribution in [0.15, 0.2) is 54.6 Å². The van der Waals surface area contributed by atoms with Crippen molar-refractivity contribution in [2.75, 3.05) is 26.8 Å². The lowest BCUT2D eigenvalue weighted by molar-refractivity contribution is 0.0723. The van der Waals surface area contributed by atoms with Gasteiger partial charge in [-0.2, -0.15) is 0 Å². The number of rotatable bonds is 7. The maximum atomic E-state index is 12.6. The average molecular weight is 299 g/mol. The fourth-order valence-electron chi connectivity index (χ4n) is 2.28. The van der Waals surface area contributed by atoms with Crippen LogP contribution in [-0.2, 0) is 6.42 Å². The smallest absolute Gasteiger partial charge is 0.254 e. The van der Waals surface area contributed by atoms with Crippen molar-refractivity contribution >= 4 is 5.91 Å². The Kier molecular flexibility index (Phi) is 5.98. The molecule has 0 atom stereocenters. The van der Waals surface area contributed by atoms with E-state index in [2.05, 4.69) is 0 Å². The summed E-state index contributed by atoms with van der Waals surface area (Å²) in [4.78, 5) is 14.3. The highest BCUT2D eigenvalue weighted by Crippen LogP contribution is 2.15. The van der Waals surface area contributed by atoms with Gasteiger partial charge in [0.1, 0.15) is 5.75 Å². The van der Waals surface area contributed by atoms with Gasteiger partial charge in [0.2, 0.25) is 0 Å². The van der Waals surface area contributed by atoms with Crippen LogP contribution in [-0.4, -0.2) is 42.7 Å². The van der Waals surface area contributed by atoms with E-state index in [0.717, 1.165) is 6.42 Å². The summed E-state index contributed by atoms with van der Waals surface area (Å²) in [5.74, 6) is 0.557. The first kappa shape index (κ1) is 16.0. The van der Waals surface area contributed by atoms with Crippen LogP contribution in [0.4, 0.5) is 0 Å². The number of benzene rings is 2. The highest BCUT2D eigenvalue weighted by atomic mass is 16.5. The van der Waals surface area contributed by atoms with Gasteiger partial charge in [-0.3, -0.25) is 4.79 Å². The van der Waals surface area contributed by atoms with Crippen LogP contribution in [0.25, 0.3) is 0 Å². The number of hydrogen-bond acceptors (Lipinski definition) is 3. The number of aliphatic hydroxyl groups excluding tert-OH is 1. The SMILES string of the molecule is COc1cccc(C(=O)N(CCO)CCc2ccccc2)c1. The zero-order valence-electron chi connectivity index (χ0n) is 12.7. The second kappa shape index (κ2) is 8.20. The summed E-state index contributed by atoms with van der Waals surface area (Å²) >= 11 is 0. The minimum Gasteiger partial charge on any atom is -0.497 e. The molecular formula is C18H21NO3. The van der Waals surface area contributed by atoms with Gasteiger partial charge < -0.3 is 14.7 Å². The topological polar surface area (TPSA) is 49.8 Å². The fraction of sp³-hybridized carbons (Fsp3) is 0.278. The number of amides is 1. The monoisotopic (exact) mass is 299 g/mol. The Morgan fingerprint density at radius 1 is 1.09 bits per heavy atom. The van der Waals surface area contributed by atoms with E-state index in [4.69, 9.17) is 4.74 Å². The molecule has 0 aliphatic carbocycles. The van der Waals surface area contributed by atoms with Crippen molar-refractivity contribution in [2.45, 2.75) is 6.42 Å².